The van der Waals surface area contributed by atoms with Crippen LogP contribution >= 0.6 is 0 Å². The Morgan fingerprint density at radius 2 is 1.71 bits per heavy atom. The summed E-state index contributed by atoms with van der Waals surface area (Å²) in [4.78, 5) is 17.8. The number of hydrogen-bond donors (Lipinski definition) is 1. The van der Waals surface area contributed by atoms with Crippen LogP contribution in [0.2, 0.25) is 0 Å². The maximum Gasteiger partial charge on any atom is 0.239 e. The van der Waals surface area contributed by atoms with E-state index in [-0.39, 0.29) is 17.7 Å². The second kappa shape index (κ2) is 13.6. The molecule has 7 heteroatoms. The first-order chi connectivity index (χ1) is 21.8. The van der Waals surface area contributed by atoms with E-state index in [1.54, 1.807) is 0 Å². The van der Waals surface area contributed by atoms with Crippen molar-refractivity contribution in [1.82, 2.24) is 15.0 Å². The average molecular weight is 607 g/mol. The second-order valence-corrected chi connectivity index (χ2v) is 13.3. The molecule has 1 aromatic heterocycles. The predicted molar refractivity (Wildman–Crippen MR) is 180 cm³/mol. The number of carbonyl (C=O) groups is 1. The van der Waals surface area contributed by atoms with Crippen molar-refractivity contribution in [2.45, 2.75) is 71.6 Å². The first-order valence-electron chi connectivity index (χ1n) is 16.4. The van der Waals surface area contributed by atoms with Gasteiger partial charge in [0.15, 0.2) is 0 Å². The van der Waals surface area contributed by atoms with Crippen LogP contribution in [-0.4, -0.2) is 54.1 Å². The number of piperidine rings is 1. The van der Waals surface area contributed by atoms with E-state index in [0.717, 1.165) is 77.3 Å². The molecule has 2 heterocycles. The summed E-state index contributed by atoms with van der Waals surface area (Å²) in [6.45, 7) is 10.1. The number of nitrogens with one attached hydrogen (secondary N) is 1. The summed E-state index contributed by atoms with van der Waals surface area (Å²) in [6, 6.07) is 23.9. The number of ether oxygens (including phenoxy) is 1. The summed E-state index contributed by atoms with van der Waals surface area (Å²) < 4.78 is 12.2. The van der Waals surface area contributed by atoms with Gasteiger partial charge in [-0.1, -0.05) is 73.6 Å². The fraction of sp³-hybridized carbons (Fsp3) is 0.421. The third-order valence-electron chi connectivity index (χ3n) is 9.28. The molecule has 2 fully saturated rings. The summed E-state index contributed by atoms with van der Waals surface area (Å²) in [7, 11) is 4.36. The number of aromatic nitrogens is 1. The highest BCUT2D eigenvalue weighted by Gasteiger charge is 2.32. The van der Waals surface area contributed by atoms with E-state index in [1.807, 2.05) is 18.2 Å². The molecule has 0 bridgehead atoms. The molecule has 45 heavy (non-hydrogen) atoms. The molecular formula is C38H46N4O3. The molecule has 3 aromatic carbocycles. The molecule has 1 aliphatic carbocycles. The fourth-order valence-corrected chi connectivity index (χ4v) is 6.28. The lowest BCUT2D eigenvalue weighted by molar-refractivity contribution is -0.117. The first kappa shape index (κ1) is 31.1. The van der Waals surface area contributed by atoms with Gasteiger partial charge < -0.3 is 14.2 Å². The lowest BCUT2D eigenvalue weighted by atomic mass is 9.92. The van der Waals surface area contributed by atoms with Gasteiger partial charge in [-0.15, -0.1) is 0 Å². The highest BCUT2D eigenvalue weighted by Crippen LogP contribution is 2.43. The minimum Gasteiger partial charge on any atom is -0.489 e. The van der Waals surface area contributed by atoms with Crippen molar-refractivity contribution in [3.8, 4) is 28.1 Å². The third-order valence-corrected chi connectivity index (χ3v) is 9.28. The molecular weight excluding hydrogens is 560 g/mol. The lowest BCUT2D eigenvalue weighted by Crippen LogP contribution is -2.41. The molecule has 6 rings (SSSR count). The second-order valence-electron chi connectivity index (χ2n) is 13.3. The Balaban J connectivity index is 1.30. The third kappa shape index (κ3) is 7.32. The number of anilines is 1. The first-order valence-corrected chi connectivity index (χ1v) is 16.4. The van der Waals surface area contributed by atoms with Crippen molar-refractivity contribution < 1.29 is 14.1 Å². The van der Waals surface area contributed by atoms with Crippen molar-refractivity contribution in [1.29, 1.82) is 0 Å². The van der Waals surface area contributed by atoms with Crippen LogP contribution in [0.25, 0.3) is 22.4 Å². The van der Waals surface area contributed by atoms with Crippen molar-refractivity contribution in [2.24, 2.45) is 5.92 Å². The molecule has 1 aliphatic heterocycles. The number of aryl methyl sites for hydroxylation is 1. The van der Waals surface area contributed by atoms with Crippen molar-refractivity contribution in [3.05, 3.63) is 89.0 Å². The summed E-state index contributed by atoms with van der Waals surface area (Å²) in [5.74, 6) is 1.58. The number of nitrogens with zero attached hydrogens (tertiary/aromatic N) is 3. The maximum atomic E-state index is 12.9. The van der Waals surface area contributed by atoms with Crippen LogP contribution < -0.4 is 10.1 Å². The molecule has 1 amide bonds. The minimum absolute atomic E-state index is 0.000878. The number of rotatable bonds is 11. The zero-order chi connectivity index (χ0) is 31.5. The van der Waals surface area contributed by atoms with Crippen LogP contribution in [0.3, 0.4) is 0 Å². The summed E-state index contributed by atoms with van der Waals surface area (Å²) in [5.41, 5.74) is 8.05. The summed E-state index contributed by atoms with van der Waals surface area (Å²) in [6.07, 6.45) is 4.24. The molecule has 1 N–H and O–H groups in total. The Morgan fingerprint density at radius 1 is 1.00 bits per heavy atom. The van der Waals surface area contributed by atoms with E-state index in [0.29, 0.717) is 18.5 Å². The van der Waals surface area contributed by atoms with Crippen LogP contribution in [-0.2, 0) is 17.9 Å². The average Bonchev–Trinajstić information content (AvgIpc) is 3.82. The zero-order valence-electron chi connectivity index (χ0n) is 27.3. The number of benzene rings is 3. The van der Waals surface area contributed by atoms with Crippen LogP contribution in [0.4, 0.5) is 5.88 Å². The molecule has 2 aliphatic rings. The minimum atomic E-state index is 0.000878. The fourth-order valence-electron chi connectivity index (χ4n) is 6.28. The molecule has 0 atom stereocenters. The highest BCUT2D eigenvalue weighted by atomic mass is 16.5. The van der Waals surface area contributed by atoms with Crippen LogP contribution in [0.15, 0.2) is 71.3 Å². The SMILES string of the molecule is Cc1cc(OCc2ccccc2)c(C(C)C)cc1-c1noc(NC(=O)C2CC2)c1-c1ccc(CN2CCC(N(C)C)CC2)cc1. The molecule has 1 saturated carbocycles. The van der Waals surface area contributed by atoms with Gasteiger partial charge in [-0.2, -0.15) is 0 Å². The van der Waals surface area contributed by atoms with Gasteiger partial charge in [0.05, 0.1) is 5.56 Å². The molecule has 236 valence electrons. The molecule has 0 unspecified atom stereocenters. The van der Waals surface area contributed by atoms with E-state index in [1.165, 1.54) is 18.4 Å². The van der Waals surface area contributed by atoms with Gasteiger partial charge in [0, 0.05) is 24.1 Å². The number of hydrogen-bond acceptors (Lipinski definition) is 6. The van der Waals surface area contributed by atoms with Gasteiger partial charge in [-0.05, 0) is 106 Å². The Hall–Kier alpha value is -3.94. The highest BCUT2D eigenvalue weighted by molar-refractivity contribution is 5.99. The summed E-state index contributed by atoms with van der Waals surface area (Å²) in [5, 5.41) is 7.63. The monoisotopic (exact) mass is 606 g/mol. The van der Waals surface area contributed by atoms with Crippen LogP contribution in [0.1, 0.15) is 67.7 Å². The molecule has 7 nitrogen and oxygen atoms in total. The lowest BCUT2D eigenvalue weighted by Gasteiger charge is -2.35. The van der Waals surface area contributed by atoms with Gasteiger partial charge in [-0.3, -0.25) is 15.0 Å². The van der Waals surface area contributed by atoms with Crippen LogP contribution in [0.5, 0.6) is 5.75 Å². The molecule has 4 aromatic rings. The smallest absolute Gasteiger partial charge is 0.239 e. The van der Waals surface area contributed by atoms with Crippen molar-refractivity contribution in [2.75, 3.05) is 32.5 Å². The van der Waals surface area contributed by atoms with E-state index in [9.17, 15) is 4.79 Å². The van der Waals surface area contributed by atoms with Gasteiger partial charge in [-0.25, -0.2) is 0 Å². The quantitative estimate of drug-likeness (QED) is 0.187. The molecule has 0 radical (unpaired) electrons. The summed E-state index contributed by atoms with van der Waals surface area (Å²) >= 11 is 0. The van der Waals surface area contributed by atoms with Gasteiger partial charge >= 0.3 is 0 Å². The maximum absolute atomic E-state index is 12.9. The Labute approximate surface area is 267 Å². The number of carbonyl (C=O) groups excluding carboxylic acids is 1. The topological polar surface area (TPSA) is 70.8 Å². The Morgan fingerprint density at radius 3 is 2.36 bits per heavy atom. The largest absolute Gasteiger partial charge is 0.489 e. The van der Waals surface area contributed by atoms with Crippen LogP contribution in [0, 0.1) is 12.8 Å². The zero-order valence-corrected chi connectivity index (χ0v) is 27.3. The van der Waals surface area contributed by atoms with Gasteiger partial charge in [0.25, 0.3) is 0 Å². The number of amides is 1. The molecule has 0 spiro atoms. The van der Waals surface area contributed by atoms with Gasteiger partial charge in [0.2, 0.25) is 11.8 Å². The van der Waals surface area contributed by atoms with E-state index in [2.05, 4.69) is 104 Å². The van der Waals surface area contributed by atoms with E-state index in [4.69, 9.17) is 9.26 Å². The number of likely N-dealkylation sites (tertiary alicyclic amines) is 1. The standard InChI is InChI=1S/C38H46N4O3/c1-25(2)32-22-33(26(3)21-34(32)44-24-28-9-7-6-8-10-28)36-35(38(45-40-36)39-37(43)30-15-16-30)29-13-11-27(12-14-29)23-42-19-17-31(18-20-42)41(4)5/h6-14,21-22,25,30-31H,15-20,23-24H2,1-5H3,(H,39,43). The van der Waals surface area contributed by atoms with Crippen molar-refractivity contribution >= 4 is 11.8 Å². The predicted octanol–water partition coefficient (Wildman–Crippen LogP) is 7.89. The van der Waals surface area contributed by atoms with Gasteiger partial charge in [0.1, 0.15) is 18.1 Å². The van der Waals surface area contributed by atoms with Crippen molar-refractivity contribution in [3.63, 3.8) is 0 Å². The Bertz CT molecular complexity index is 1600. The molecule has 1 saturated heterocycles. The van der Waals surface area contributed by atoms with E-state index < -0.39 is 0 Å². The Kier molecular flexibility index (Phi) is 9.38. The normalized spacial score (nSPS) is 16.0. The van der Waals surface area contributed by atoms with E-state index >= 15 is 0 Å².